The minimum atomic E-state index is -3.59. The molecule has 0 radical (unpaired) electrons. The molecule has 0 atom stereocenters. The van der Waals surface area contributed by atoms with E-state index in [2.05, 4.69) is 5.32 Å². The van der Waals surface area contributed by atoms with E-state index in [1.807, 2.05) is 11.8 Å². The first kappa shape index (κ1) is 20.4. The molecule has 0 unspecified atom stereocenters. The standard InChI is InChI=1S/C17H25ClN2O3S2/c1-13-7-8-14(18)11-16(13)20(25(2,22)23)12-17(21)19-9-10-24-15-5-3-4-6-15/h7-8,11,15H,3-6,9-10,12H2,1-2H3,(H,19,21). The van der Waals surface area contributed by atoms with Gasteiger partial charge in [0, 0.05) is 22.6 Å². The summed E-state index contributed by atoms with van der Waals surface area (Å²) in [6.45, 7) is 2.10. The molecule has 0 heterocycles. The van der Waals surface area contributed by atoms with Gasteiger partial charge in [0.2, 0.25) is 15.9 Å². The summed E-state index contributed by atoms with van der Waals surface area (Å²) >= 11 is 7.87. The maximum Gasteiger partial charge on any atom is 0.240 e. The molecule has 2 rings (SSSR count). The van der Waals surface area contributed by atoms with Gasteiger partial charge in [-0.1, -0.05) is 30.5 Å². The number of nitrogens with one attached hydrogen (secondary N) is 1. The number of benzene rings is 1. The van der Waals surface area contributed by atoms with Crippen LogP contribution < -0.4 is 9.62 Å². The van der Waals surface area contributed by atoms with Crippen LogP contribution in [0.3, 0.4) is 0 Å². The topological polar surface area (TPSA) is 66.5 Å². The van der Waals surface area contributed by atoms with E-state index in [4.69, 9.17) is 11.6 Å². The molecule has 140 valence electrons. The zero-order chi connectivity index (χ0) is 18.4. The Kier molecular flexibility index (Phi) is 7.46. The highest BCUT2D eigenvalue weighted by atomic mass is 35.5. The molecule has 1 saturated carbocycles. The van der Waals surface area contributed by atoms with Crippen LogP contribution in [0.2, 0.25) is 5.02 Å². The molecule has 1 fully saturated rings. The number of sulfonamides is 1. The number of anilines is 1. The number of aryl methyl sites for hydroxylation is 1. The van der Waals surface area contributed by atoms with Crippen LogP contribution in [0.5, 0.6) is 0 Å². The van der Waals surface area contributed by atoms with E-state index in [-0.39, 0.29) is 12.5 Å². The van der Waals surface area contributed by atoms with Gasteiger partial charge < -0.3 is 5.32 Å². The van der Waals surface area contributed by atoms with Gasteiger partial charge in [-0.25, -0.2) is 8.42 Å². The maximum absolute atomic E-state index is 12.2. The zero-order valence-corrected chi connectivity index (χ0v) is 17.0. The number of hydrogen-bond acceptors (Lipinski definition) is 4. The van der Waals surface area contributed by atoms with E-state index in [0.29, 0.717) is 22.5 Å². The molecule has 5 nitrogen and oxygen atoms in total. The third-order valence-corrected chi connectivity index (χ3v) is 6.95. The highest BCUT2D eigenvalue weighted by Crippen LogP contribution is 2.29. The van der Waals surface area contributed by atoms with Crippen molar-refractivity contribution < 1.29 is 13.2 Å². The molecular weight excluding hydrogens is 380 g/mol. The van der Waals surface area contributed by atoms with Gasteiger partial charge in [0.15, 0.2) is 0 Å². The molecule has 1 aliphatic carbocycles. The number of nitrogens with zero attached hydrogens (tertiary/aromatic N) is 1. The van der Waals surface area contributed by atoms with Crippen molar-refractivity contribution >= 4 is 45.0 Å². The van der Waals surface area contributed by atoms with E-state index in [1.165, 1.54) is 25.7 Å². The fourth-order valence-corrected chi connectivity index (χ4v) is 5.18. The smallest absolute Gasteiger partial charge is 0.240 e. The number of halogens is 1. The number of amides is 1. The highest BCUT2D eigenvalue weighted by Gasteiger charge is 2.22. The molecular formula is C17H25ClN2O3S2. The summed E-state index contributed by atoms with van der Waals surface area (Å²) < 4.78 is 25.4. The highest BCUT2D eigenvalue weighted by molar-refractivity contribution is 7.99. The molecule has 25 heavy (non-hydrogen) atoms. The largest absolute Gasteiger partial charge is 0.354 e. The molecule has 0 saturated heterocycles. The Bertz CT molecular complexity index is 704. The lowest BCUT2D eigenvalue weighted by Crippen LogP contribution is -2.41. The molecule has 1 N–H and O–H groups in total. The Hall–Kier alpha value is -0.920. The third-order valence-electron chi connectivity index (χ3n) is 4.21. The predicted molar refractivity (Wildman–Crippen MR) is 106 cm³/mol. The molecule has 0 spiro atoms. The SMILES string of the molecule is Cc1ccc(Cl)cc1N(CC(=O)NCCSC1CCCC1)S(C)(=O)=O. The van der Waals surface area contributed by atoms with E-state index >= 15 is 0 Å². The number of hydrogen-bond donors (Lipinski definition) is 1. The van der Waals surface area contributed by atoms with Crippen molar-refractivity contribution in [3.8, 4) is 0 Å². The Morgan fingerprint density at radius 1 is 1.36 bits per heavy atom. The average Bonchev–Trinajstić information content (AvgIpc) is 3.04. The van der Waals surface area contributed by atoms with Gasteiger partial charge >= 0.3 is 0 Å². The second-order valence-electron chi connectivity index (χ2n) is 6.33. The summed E-state index contributed by atoms with van der Waals surface area (Å²) in [5.41, 5.74) is 1.19. The normalized spacial score (nSPS) is 15.3. The fourth-order valence-electron chi connectivity index (χ4n) is 2.89. The summed E-state index contributed by atoms with van der Waals surface area (Å²) in [5.74, 6) is 0.544. The molecule has 0 bridgehead atoms. The minimum absolute atomic E-state index is 0.242. The molecule has 8 heteroatoms. The van der Waals surface area contributed by atoms with E-state index in [1.54, 1.807) is 25.1 Å². The summed E-state index contributed by atoms with van der Waals surface area (Å²) in [6.07, 6.45) is 6.21. The van der Waals surface area contributed by atoms with Gasteiger partial charge in [0.25, 0.3) is 0 Å². The molecule has 1 aromatic carbocycles. The van der Waals surface area contributed by atoms with Crippen molar-refractivity contribution in [1.82, 2.24) is 5.32 Å². The number of carbonyl (C=O) groups excluding carboxylic acids is 1. The lowest BCUT2D eigenvalue weighted by Gasteiger charge is -2.24. The number of thioether (sulfide) groups is 1. The molecule has 0 aromatic heterocycles. The van der Waals surface area contributed by atoms with Gasteiger partial charge in [-0.2, -0.15) is 11.8 Å². The van der Waals surface area contributed by atoms with Crippen molar-refractivity contribution in [1.29, 1.82) is 0 Å². The second-order valence-corrected chi connectivity index (χ2v) is 10.1. The monoisotopic (exact) mass is 404 g/mol. The van der Waals surface area contributed by atoms with Crippen LogP contribution >= 0.6 is 23.4 Å². The van der Waals surface area contributed by atoms with E-state index in [0.717, 1.165) is 21.9 Å². The summed E-state index contributed by atoms with van der Waals surface area (Å²) in [7, 11) is -3.59. The lowest BCUT2D eigenvalue weighted by atomic mass is 10.2. The number of carbonyl (C=O) groups is 1. The van der Waals surface area contributed by atoms with Gasteiger partial charge in [0.05, 0.1) is 11.9 Å². The summed E-state index contributed by atoms with van der Waals surface area (Å²) in [6, 6.07) is 5.01. The first-order valence-electron chi connectivity index (χ1n) is 8.39. The average molecular weight is 405 g/mol. The summed E-state index contributed by atoms with van der Waals surface area (Å²) in [4.78, 5) is 12.2. The van der Waals surface area contributed by atoms with Crippen LogP contribution in [0.25, 0.3) is 0 Å². The van der Waals surface area contributed by atoms with Crippen molar-refractivity contribution in [2.24, 2.45) is 0 Å². The third kappa shape index (κ3) is 6.38. The van der Waals surface area contributed by atoms with Gasteiger partial charge in [0.1, 0.15) is 6.54 Å². The van der Waals surface area contributed by atoms with Crippen LogP contribution in [0, 0.1) is 6.92 Å². The number of rotatable bonds is 8. The molecule has 1 aromatic rings. The Labute approximate surface area is 159 Å². The quantitative estimate of drug-likeness (QED) is 0.675. The Morgan fingerprint density at radius 3 is 2.68 bits per heavy atom. The van der Waals surface area contributed by atoms with Crippen LogP contribution in [0.15, 0.2) is 18.2 Å². The van der Waals surface area contributed by atoms with Gasteiger partial charge in [-0.15, -0.1) is 0 Å². The minimum Gasteiger partial charge on any atom is -0.354 e. The lowest BCUT2D eigenvalue weighted by molar-refractivity contribution is -0.119. The Morgan fingerprint density at radius 2 is 2.04 bits per heavy atom. The predicted octanol–water partition coefficient (Wildman–Crippen LogP) is 3.21. The zero-order valence-electron chi connectivity index (χ0n) is 14.6. The van der Waals surface area contributed by atoms with Gasteiger partial charge in [-0.05, 0) is 37.5 Å². The van der Waals surface area contributed by atoms with E-state index < -0.39 is 10.0 Å². The maximum atomic E-state index is 12.2. The second kappa shape index (κ2) is 9.14. The first-order chi connectivity index (χ1) is 11.8. The van der Waals surface area contributed by atoms with Crippen LogP contribution in [0.1, 0.15) is 31.2 Å². The molecule has 1 amide bonds. The van der Waals surface area contributed by atoms with Crippen LogP contribution in [-0.2, 0) is 14.8 Å². The van der Waals surface area contributed by atoms with Gasteiger partial charge in [-0.3, -0.25) is 9.10 Å². The van der Waals surface area contributed by atoms with Crippen molar-refractivity contribution in [3.63, 3.8) is 0 Å². The van der Waals surface area contributed by atoms with Crippen LogP contribution in [-0.4, -0.2) is 44.7 Å². The van der Waals surface area contributed by atoms with Crippen LogP contribution in [0.4, 0.5) is 5.69 Å². The first-order valence-corrected chi connectivity index (χ1v) is 11.7. The van der Waals surface area contributed by atoms with Crippen molar-refractivity contribution in [2.75, 3.05) is 29.4 Å². The van der Waals surface area contributed by atoms with E-state index in [9.17, 15) is 13.2 Å². The Balaban J connectivity index is 1.93. The summed E-state index contributed by atoms with van der Waals surface area (Å²) in [5, 5.41) is 3.95. The molecule has 0 aliphatic heterocycles. The van der Waals surface area contributed by atoms with Crippen molar-refractivity contribution in [3.05, 3.63) is 28.8 Å². The fraction of sp³-hybridized carbons (Fsp3) is 0.588. The molecule has 1 aliphatic rings. The van der Waals surface area contributed by atoms with Crippen molar-refractivity contribution in [2.45, 2.75) is 37.9 Å².